The number of ether oxygens (including phenoxy) is 1. The quantitative estimate of drug-likeness (QED) is 0.485. The van der Waals surface area contributed by atoms with Crippen molar-refractivity contribution in [2.75, 3.05) is 13.7 Å². The van der Waals surface area contributed by atoms with Gasteiger partial charge in [-0.3, -0.25) is 4.79 Å². The van der Waals surface area contributed by atoms with Gasteiger partial charge in [-0.05, 0) is 37.1 Å². The Hall–Kier alpha value is -2.44. The number of thiophene rings is 1. The van der Waals surface area contributed by atoms with Crippen LogP contribution in [0, 0.1) is 0 Å². The van der Waals surface area contributed by atoms with E-state index >= 15 is 0 Å². The lowest BCUT2D eigenvalue weighted by Crippen LogP contribution is -2.40. The maximum absolute atomic E-state index is 12.9. The highest BCUT2D eigenvalue weighted by atomic mass is 35.5. The van der Waals surface area contributed by atoms with E-state index in [0.717, 1.165) is 30.6 Å². The molecule has 0 aliphatic heterocycles. The third-order valence-electron chi connectivity index (χ3n) is 5.60. The molecule has 4 rings (SSSR count). The maximum Gasteiger partial charge on any atom is 0.339 e. The first-order valence-corrected chi connectivity index (χ1v) is 11.3. The maximum atomic E-state index is 12.9. The summed E-state index contributed by atoms with van der Waals surface area (Å²) in [5.41, 5.74) is 1.74. The second-order valence-electron chi connectivity index (χ2n) is 7.55. The standard InChI is InChI=1S/C23H23ClN2O3S/c1-26(15-7-3-2-4-8-15)22(27)14-29-23(28)17-13-19(20-11-12-21(24)30-20)25-18-10-6-5-9-16(17)18/h5-6,9-13,15H,2-4,7-8,14H2,1H3. The zero-order valence-electron chi connectivity index (χ0n) is 16.8. The molecule has 2 heterocycles. The number of carbonyl (C=O) groups is 2. The van der Waals surface area contributed by atoms with E-state index < -0.39 is 5.97 Å². The highest BCUT2D eigenvalue weighted by Gasteiger charge is 2.23. The molecular formula is C23H23ClN2O3S. The number of amides is 1. The molecule has 1 aromatic carbocycles. The number of para-hydroxylation sites is 1. The highest BCUT2D eigenvalue weighted by Crippen LogP contribution is 2.32. The van der Waals surface area contributed by atoms with Crippen LogP contribution in [0.3, 0.4) is 0 Å². The zero-order valence-corrected chi connectivity index (χ0v) is 18.3. The van der Waals surface area contributed by atoms with Crippen molar-refractivity contribution in [2.45, 2.75) is 38.1 Å². The summed E-state index contributed by atoms with van der Waals surface area (Å²) in [6.45, 7) is -0.261. The molecule has 1 aliphatic carbocycles. The Labute approximate surface area is 184 Å². The Morgan fingerprint density at radius 1 is 1.17 bits per heavy atom. The number of likely N-dealkylation sites (N-methyl/N-ethyl adjacent to an activating group) is 1. The summed E-state index contributed by atoms with van der Waals surface area (Å²) in [6.07, 6.45) is 5.53. The van der Waals surface area contributed by atoms with Gasteiger partial charge < -0.3 is 9.64 Å². The number of esters is 1. The van der Waals surface area contributed by atoms with Gasteiger partial charge in [0, 0.05) is 18.5 Å². The minimum absolute atomic E-state index is 0.168. The number of halogens is 1. The van der Waals surface area contributed by atoms with Gasteiger partial charge in [0.25, 0.3) is 5.91 Å². The van der Waals surface area contributed by atoms with Crippen LogP contribution in [0.25, 0.3) is 21.5 Å². The Morgan fingerprint density at radius 2 is 1.93 bits per heavy atom. The molecule has 0 spiro atoms. The lowest BCUT2D eigenvalue weighted by Gasteiger charge is -2.31. The van der Waals surface area contributed by atoms with Gasteiger partial charge in [0.1, 0.15) is 0 Å². The molecule has 1 amide bonds. The van der Waals surface area contributed by atoms with Crippen molar-refractivity contribution in [2.24, 2.45) is 0 Å². The molecule has 156 valence electrons. The molecular weight excluding hydrogens is 420 g/mol. The summed E-state index contributed by atoms with van der Waals surface area (Å²) in [4.78, 5) is 32.7. The molecule has 0 unspecified atom stereocenters. The van der Waals surface area contributed by atoms with E-state index in [9.17, 15) is 9.59 Å². The van der Waals surface area contributed by atoms with E-state index in [1.165, 1.54) is 17.8 Å². The third-order valence-corrected chi connectivity index (χ3v) is 6.86. The van der Waals surface area contributed by atoms with Crippen molar-refractivity contribution >= 4 is 45.7 Å². The first-order valence-electron chi connectivity index (χ1n) is 10.1. The van der Waals surface area contributed by atoms with Crippen LogP contribution in [0.4, 0.5) is 0 Å². The fourth-order valence-electron chi connectivity index (χ4n) is 3.90. The topological polar surface area (TPSA) is 59.5 Å². The minimum atomic E-state index is -0.525. The molecule has 5 nitrogen and oxygen atoms in total. The molecule has 0 N–H and O–H groups in total. The Kier molecular flexibility index (Phi) is 6.35. The summed E-state index contributed by atoms with van der Waals surface area (Å²) < 4.78 is 6.08. The number of aromatic nitrogens is 1. The van der Waals surface area contributed by atoms with Gasteiger partial charge in [0.2, 0.25) is 0 Å². The molecule has 3 aromatic rings. The largest absolute Gasteiger partial charge is 0.452 e. The van der Waals surface area contributed by atoms with E-state index in [1.54, 1.807) is 24.1 Å². The molecule has 0 saturated heterocycles. The third kappa shape index (κ3) is 4.50. The summed E-state index contributed by atoms with van der Waals surface area (Å²) in [5.74, 6) is -0.693. The van der Waals surface area contributed by atoms with Crippen LogP contribution in [-0.4, -0.2) is 41.5 Å². The van der Waals surface area contributed by atoms with Crippen molar-refractivity contribution in [3.8, 4) is 10.6 Å². The van der Waals surface area contributed by atoms with Gasteiger partial charge >= 0.3 is 5.97 Å². The van der Waals surface area contributed by atoms with Crippen LogP contribution < -0.4 is 0 Å². The number of nitrogens with zero attached hydrogens (tertiary/aromatic N) is 2. The monoisotopic (exact) mass is 442 g/mol. The van der Waals surface area contributed by atoms with Crippen molar-refractivity contribution in [3.63, 3.8) is 0 Å². The molecule has 0 bridgehead atoms. The highest BCUT2D eigenvalue weighted by molar-refractivity contribution is 7.19. The van der Waals surface area contributed by atoms with Crippen LogP contribution >= 0.6 is 22.9 Å². The molecule has 0 radical (unpaired) electrons. The second kappa shape index (κ2) is 9.14. The number of carbonyl (C=O) groups excluding carboxylic acids is 2. The van der Waals surface area contributed by atoms with Crippen LogP contribution in [0.15, 0.2) is 42.5 Å². The molecule has 7 heteroatoms. The summed E-state index contributed by atoms with van der Waals surface area (Å²) in [5, 5.41) is 0.696. The van der Waals surface area contributed by atoms with Gasteiger partial charge in [-0.25, -0.2) is 9.78 Å². The predicted octanol–water partition coefficient (Wildman–Crippen LogP) is 5.56. The van der Waals surface area contributed by atoms with Gasteiger partial charge in [0.05, 0.1) is 26.0 Å². The summed E-state index contributed by atoms with van der Waals surface area (Å²) >= 11 is 7.46. The van der Waals surface area contributed by atoms with Crippen molar-refractivity contribution in [3.05, 3.63) is 52.4 Å². The van der Waals surface area contributed by atoms with Crippen molar-refractivity contribution in [1.82, 2.24) is 9.88 Å². The first-order chi connectivity index (χ1) is 14.5. The zero-order chi connectivity index (χ0) is 21.1. The first kappa shape index (κ1) is 20.8. The van der Waals surface area contributed by atoms with Crippen LogP contribution in [0.1, 0.15) is 42.5 Å². The van der Waals surface area contributed by atoms with Gasteiger partial charge in [-0.2, -0.15) is 0 Å². The van der Waals surface area contributed by atoms with Crippen molar-refractivity contribution < 1.29 is 14.3 Å². The van der Waals surface area contributed by atoms with E-state index in [0.29, 0.717) is 26.5 Å². The van der Waals surface area contributed by atoms with E-state index in [4.69, 9.17) is 16.3 Å². The SMILES string of the molecule is CN(C(=O)COC(=O)c1cc(-c2ccc(Cl)s2)nc2ccccc12)C1CCCCC1. The Balaban J connectivity index is 1.54. The lowest BCUT2D eigenvalue weighted by molar-refractivity contribution is -0.135. The fourth-order valence-corrected chi connectivity index (χ4v) is 4.91. The van der Waals surface area contributed by atoms with Gasteiger partial charge in [-0.15, -0.1) is 11.3 Å². The summed E-state index contributed by atoms with van der Waals surface area (Å²) in [7, 11) is 1.80. The lowest BCUT2D eigenvalue weighted by atomic mass is 9.94. The number of fused-ring (bicyclic) bond motifs is 1. The number of hydrogen-bond acceptors (Lipinski definition) is 5. The average Bonchev–Trinajstić information content (AvgIpc) is 3.22. The predicted molar refractivity (Wildman–Crippen MR) is 120 cm³/mol. The fraction of sp³-hybridized carbons (Fsp3) is 0.348. The molecule has 30 heavy (non-hydrogen) atoms. The molecule has 1 aliphatic rings. The van der Waals surface area contributed by atoms with Gasteiger partial charge in [0.15, 0.2) is 6.61 Å². The normalized spacial score (nSPS) is 14.6. The number of pyridine rings is 1. The average molecular weight is 443 g/mol. The van der Waals surface area contributed by atoms with Gasteiger partial charge in [-0.1, -0.05) is 49.1 Å². The Morgan fingerprint density at radius 3 is 2.67 bits per heavy atom. The van der Waals surface area contributed by atoms with Crippen LogP contribution in [0.2, 0.25) is 4.34 Å². The number of hydrogen-bond donors (Lipinski definition) is 0. The van der Waals surface area contributed by atoms with E-state index in [-0.39, 0.29) is 18.6 Å². The van der Waals surface area contributed by atoms with E-state index in [2.05, 4.69) is 4.98 Å². The van der Waals surface area contributed by atoms with E-state index in [1.807, 2.05) is 30.3 Å². The smallest absolute Gasteiger partial charge is 0.339 e. The Bertz CT molecular complexity index is 1080. The minimum Gasteiger partial charge on any atom is -0.452 e. The number of rotatable bonds is 5. The number of benzene rings is 1. The summed E-state index contributed by atoms with van der Waals surface area (Å²) in [6, 6.07) is 13.0. The molecule has 0 atom stereocenters. The van der Waals surface area contributed by atoms with Crippen LogP contribution in [-0.2, 0) is 9.53 Å². The molecule has 2 aromatic heterocycles. The van der Waals surface area contributed by atoms with Crippen molar-refractivity contribution in [1.29, 1.82) is 0 Å². The molecule has 1 fully saturated rings. The van der Waals surface area contributed by atoms with Crippen LogP contribution in [0.5, 0.6) is 0 Å². The molecule has 1 saturated carbocycles. The second-order valence-corrected chi connectivity index (χ2v) is 9.26.